The second-order valence-electron chi connectivity index (χ2n) is 6.07. The molecule has 1 fully saturated rings. The van der Waals surface area contributed by atoms with Gasteiger partial charge in [-0.3, -0.25) is 4.79 Å². The minimum Gasteiger partial charge on any atom is -0.353 e. The van der Waals surface area contributed by atoms with E-state index < -0.39 is 0 Å². The topological polar surface area (TPSA) is 61.4 Å². The van der Waals surface area contributed by atoms with E-state index in [1.165, 1.54) is 11.1 Å². The fraction of sp³-hybridized carbons (Fsp3) is 0.389. The standard InChI is InChI=1S/C18H23N5O/c1-14-4-3-5-16(12-14)13-20-18-19-7-6-17(21-18)23-10-8-22(9-11-23)15(2)24/h3-7,12H,8-11,13H2,1-2H3,(H,19,20,21). The molecule has 2 heterocycles. The van der Waals surface area contributed by atoms with E-state index in [0.29, 0.717) is 12.5 Å². The first kappa shape index (κ1) is 16.2. The lowest BCUT2D eigenvalue weighted by atomic mass is 10.1. The molecule has 0 saturated carbocycles. The van der Waals surface area contributed by atoms with Crippen LogP contribution in [0.3, 0.4) is 0 Å². The quantitative estimate of drug-likeness (QED) is 0.932. The van der Waals surface area contributed by atoms with Gasteiger partial charge in [0.1, 0.15) is 5.82 Å². The van der Waals surface area contributed by atoms with Crippen LogP contribution in [-0.2, 0) is 11.3 Å². The van der Waals surface area contributed by atoms with Crippen molar-refractivity contribution in [3.8, 4) is 0 Å². The zero-order chi connectivity index (χ0) is 16.9. The summed E-state index contributed by atoms with van der Waals surface area (Å²) in [5.74, 6) is 1.67. The van der Waals surface area contributed by atoms with Crippen molar-refractivity contribution in [2.24, 2.45) is 0 Å². The van der Waals surface area contributed by atoms with Crippen LogP contribution in [0.15, 0.2) is 36.5 Å². The number of nitrogens with zero attached hydrogens (tertiary/aromatic N) is 4. The van der Waals surface area contributed by atoms with Gasteiger partial charge in [-0.25, -0.2) is 4.98 Å². The Bertz CT molecular complexity index is 710. The molecule has 3 rings (SSSR count). The van der Waals surface area contributed by atoms with Crippen molar-refractivity contribution in [3.63, 3.8) is 0 Å². The zero-order valence-corrected chi connectivity index (χ0v) is 14.2. The summed E-state index contributed by atoms with van der Waals surface area (Å²) in [7, 11) is 0. The summed E-state index contributed by atoms with van der Waals surface area (Å²) in [6.07, 6.45) is 1.78. The lowest BCUT2D eigenvalue weighted by Gasteiger charge is -2.34. The predicted octanol–water partition coefficient (Wildman–Crippen LogP) is 2.07. The van der Waals surface area contributed by atoms with Crippen molar-refractivity contribution < 1.29 is 4.79 Å². The Morgan fingerprint density at radius 1 is 1.21 bits per heavy atom. The first-order valence-electron chi connectivity index (χ1n) is 8.25. The van der Waals surface area contributed by atoms with Crippen LogP contribution >= 0.6 is 0 Å². The average molecular weight is 325 g/mol. The van der Waals surface area contributed by atoms with E-state index in [1.807, 2.05) is 11.0 Å². The number of piperazine rings is 1. The predicted molar refractivity (Wildman–Crippen MR) is 95.0 cm³/mol. The Hall–Kier alpha value is -2.63. The summed E-state index contributed by atoms with van der Waals surface area (Å²) < 4.78 is 0. The second kappa shape index (κ2) is 7.29. The summed E-state index contributed by atoms with van der Waals surface area (Å²) in [6.45, 7) is 7.48. The van der Waals surface area contributed by atoms with Gasteiger partial charge in [0.05, 0.1) is 0 Å². The summed E-state index contributed by atoms with van der Waals surface area (Å²) in [5.41, 5.74) is 2.45. The molecule has 1 aliphatic heterocycles. The number of nitrogens with one attached hydrogen (secondary N) is 1. The Morgan fingerprint density at radius 3 is 2.71 bits per heavy atom. The van der Waals surface area contributed by atoms with Crippen LogP contribution in [0.2, 0.25) is 0 Å². The third kappa shape index (κ3) is 4.01. The van der Waals surface area contributed by atoms with Crippen molar-refractivity contribution in [1.82, 2.24) is 14.9 Å². The Morgan fingerprint density at radius 2 is 2.00 bits per heavy atom. The number of aryl methyl sites for hydroxylation is 1. The highest BCUT2D eigenvalue weighted by Gasteiger charge is 2.19. The van der Waals surface area contributed by atoms with Crippen LogP contribution in [0.25, 0.3) is 0 Å². The number of hydrogen-bond acceptors (Lipinski definition) is 5. The largest absolute Gasteiger partial charge is 0.353 e. The molecule has 0 bridgehead atoms. The highest BCUT2D eigenvalue weighted by molar-refractivity contribution is 5.73. The molecule has 6 heteroatoms. The van der Waals surface area contributed by atoms with Crippen LogP contribution in [0, 0.1) is 6.92 Å². The Kier molecular flexibility index (Phi) is 4.93. The molecule has 1 N–H and O–H groups in total. The second-order valence-corrected chi connectivity index (χ2v) is 6.07. The molecule has 6 nitrogen and oxygen atoms in total. The van der Waals surface area contributed by atoms with E-state index in [4.69, 9.17) is 0 Å². The van der Waals surface area contributed by atoms with Crippen LogP contribution in [0.1, 0.15) is 18.1 Å². The molecule has 0 unspecified atom stereocenters. The van der Waals surface area contributed by atoms with Gasteiger partial charge in [-0.15, -0.1) is 0 Å². The van der Waals surface area contributed by atoms with Crippen LogP contribution in [0.4, 0.5) is 11.8 Å². The lowest BCUT2D eigenvalue weighted by Crippen LogP contribution is -2.48. The minimum absolute atomic E-state index is 0.137. The van der Waals surface area contributed by atoms with E-state index in [9.17, 15) is 4.79 Å². The molecule has 1 amide bonds. The van der Waals surface area contributed by atoms with Gasteiger partial charge in [-0.2, -0.15) is 4.98 Å². The van der Waals surface area contributed by atoms with Gasteiger partial charge in [0.15, 0.2) is 0 Å². The van der Waals surface area contributed by atoms with Gasteiger partial charge >= 0.3 is 0 Å². The van der Waals surface area contributed by atoms with Crippen LogP contribution < -0.4 is 10.2 Å². The minimum atomic E-state index is 0.137. The molecule has 0 spiro atoms. The molecule has 0 radical (unpaired) electrons. The fourth-order valence-electron chi connectivity index (χ4n) is 2.86. The van der Waals surface area contributed by atoms with E-state index in [1.54, 1.807) is 13.1 Å². The highest BCUT2D eigenvalue weighted by atomic mass is 16.2. The molecule has 0 atom stereocenters. The summed E-state index contributed by atoms with van der Waals surface area (Å²) >= 11 is 0. The number of benzene rings is 1. The normalized spacial score (nSPS) is 14.6. The lowest BCUT2D eigenvalue weighted by molar-refractivity contribution is -0.129. The molecular formula is C18H23N5O. The zero-order valence-electron chi connectivity index (χ0n) is 14.2. The molecular weight excluding hydrogens is 302 g/mol. The highest BCUT2D eigenvalue weighted by Crippen LogP contribution is 2.15. The summed E-state index contributed by atoms with van der Waals surface area (Å²) in [4.78, 5) is 24.4. The summed E-state index contributed by atoms with van der Waals surface area (Å²) in [6, 6.07) is 10.3. The summed E-state index contributed by atoms with van der Waals surface area (Å²) in [5, 5.41) is 3.28. The van der Waals surface area contributed by atoms with Crippen molar-refractivity contribution in [1.29, 1.82) is 0 Å². The Labute approximate surface area is 142 Å². The van der Waals surface area contributed by atoms with Crippen molar-refractivity contribution in [3.05, 3.63) is 47.7 Å². The molecule has 1 aromatic heterocycles. The average Bonchev–Trinajstić information content (AvgIpc) is 2.60. The first-order valence-corrected chi connectivity index (χ1v) is 8.25. The number of amides is 1. The van der Waals surface area contributed by atoms with E-state index in [2.05, 4.69) is 51.4 Å². The number of anilines is 2. The maximum atomic E-state index is 11.4. The maximum absolute atomic E-state index is 11.4. The van der Waals surface area contributed by atoms with E-state index in [0.717, 1.165) is 32.0 Å². The number of carbonyl (C=O) groups is 1. The fourth-order valence-corrected chi connectivity index (χ4v) is 2.86. The number of rotatable bonds is 4. The third-order valence-corrected chi connectivity index (χ3v) is 4.22. The van der Waals surface area contributed by atoms with Crippen molar-refractivity contribution >= 4 is 17.7 Å². The van der Waals surface area contributed by atoms with Gasteiger partial charge in [0, 0.05) is 45.8 Å². The number of aromatic nitrogens is 2. The molecule has 2 aromatic rings. The molecule has 126 valence electrons. The molecule has 1 aromatic carbocycles. The maximum Gasteiger partial charge on any atom is 0.224 e. The molecule has 24 heavy (non-hydrogen) atoms. The number of carbonyl (C=O) groups excluding carboxylic acids is 1. The number of hydrogen-bond donors (Lipinski definition) is 1. The van der Waals surface area contributed by atoms with E-state index >= 15 is 0 Å². The van der Waals surface area contributed by atoms with Crippen LogP contribution in [0.5, 0.6) is 0 Å². The monoisotopic (exact) mass is 325 g/mol. The van der Waals surface area contributed by atoms with Gasteiger partial charge in [-0.1, -0.05) is 29.8 Å². The van der Waals surface area contributed by atoms with Crippen molar-refractivity contribution in [2.75, 3.05) is 36.4 Å². The van der Waals surface area contributed by atoms with Crippen molar-refractivity contribution in [2.45, 2.75) is 20.4 Å². The van der Waals surface area contributed by atoms with Gasteiger partial charge < -0.3 is 15.1 Å². The smallest absolute Gasteiger partial charge is 0.224 e. The van der Waals surface area contributed by atoms with E-state index in [-0.39, 0.29) is 5.91 Å². The van der Waals surface area contributed by atoms with Gasteiger partial charge in [-0.05, 0) is 18.6 Å². The SMILES string of the molecule is CC(=O)N1CCN(c2ccnc(NCc3cccc(C)c3)n2)CC1. The first-order chi connectivity index (χ1) is 11.6. The van der Waals surface area contributed by atoms with Crippen LogP contribution in [-0.4, -0.2) is 47.0 Å². The molecule has 1 saturated heterocycles. The molecule has 1 aliphatic rings. The Balaban J connectivity index is 1.61. The third-order valence-electron chi connectivity index (χ3n) is 4.22. The van der Waals surface area contributed by atoms with Gasteiger partial charge in [0.25, 0.3) is 0 Å². The molecule has 0 aliphatic carbocycles. The van der Waals surface area contributed by atoms with Gasteiger partial charge in [0.2, 0.25) is 11.9 Å².